The van der Waals surface area contributed by atoms with Crippen molar-refractivity contribution in [2.45, 2.75) is 0 Å². The first-order chi connectivity index (χ1) is 17.8. The van der Waals surface area contributed by atoms with Crippen LogP contribution in [0.4, 0.5) is 0 Å². The lowest BCUT2D eigenvalue weighted by Gasteiger charge is -2.10. The third kappa shape index (κ3) is 2.81. The molecule has 3 heteroatoms. The van der Waals surface area contributed by atoms with Gasteiger partial charge in [0.2, 0.25) is 0 Å². The van der Waals surface area contributed by atoms with Gasteiger partial charge in [0.1, 0.15) is 11.1 Å². The minimum atomic E-state index is 0.842. The van der Waals surface area contributed by atoms with Gasteiger partial charge < -0.3 is 4.42 Å². The number of furan rings is 1. The summed E-state index contributed by atoms with van der Waals surface area (Å²) in [6.07, 6.45) is 0. The number of fused-ring (bicyclic) bond motifs is 7. The maximum atomic E-state index is 6.39. The van der Waals surface area contributed by atoms with Crippen LogP contribution in [0.25, 0.3) is 75.4 Å². The summed E-state index contributed by atoms with van der Waals surface area (Å²) in [5.41, 5.74) is 8.31. The second kappa shape index (κ2) is 7.51. The second-order valence-corrected chi connectivity index (χ2v) is 10.2. The minimum absolute atomic E-state index is 0.842. The van der Waals surface area contributed by atoms with Crippen molar-refractivity contribution in [3.05, 3.63) is 115 Å². The molecule has 2 nitrogen and oxygen atoms in total. The molecular formula is C33H19NOS. The molecule has 0 saturated heterocycles. The van der Waals surface area contributed by atoms with Crippen LogP contribution in [0.2, 0.25) is 0 Å². The average molecular weight is 478 g/mol. The highest BCUT2D eigenvalue weighted by atomic mass is 32.1. The van der Waals surface area contributed by atoms with Gasteiger partial charge in [0, 0.05) is 36.5 Å². The Morgan fingerprint density at radius 1 is 0.556 bits per heavy atom. The molecule has 0 spiro atoms. The van der Waals surface area contributed by atoms with Crippen LogP contribution in [0, 0.1) is 0 Å². The van der Waals surface area contributed by atoms with Gasteiger partial charge in [0.15, 0.2) is 5.58 Å². The molecule has 0 radical (unpaired) electrons. The molecular weight excluding hydrogens is 458 g/mol. The monoisotopic (exact) mass is 477 g/mol. The van der Waals surface area contributed by atoms with E-state index in [2.05, 4.69) is 91.0 Å². The number of para-hydroxylation sites is 2. The van der Waals surface area contributed by atoms with Gasteiger partial charge in [-0.3, -0.25) is 0 Å². The Hall–Kier alpha value is -4.47. The Morgan fingerprint density at radius 2 is 1.25 bits per heavy atom. The van der Waals surface area contributed by atoms with E-state index in [0.717, 1.165) is 44.1 Å². The predicted octanol–water partition coefficient (Wildman–Crippen LogP) is 9.84. The van der Waals surface area contributed by atoms with Crippen LogP contribution < -0.4 is 0 Å². The standard InChI is InChI=1S/C33H19NOS/c1-4-13-27-25(9-1)30(32-31(34-27)26-10-2-5-14-28(26)35-32)21-18-16-20(17-19-21)22-11-7-12-24-23-8-3-6-15-29(23)36-33(22)24/h1-19H. The molecule has 3 heterocycles. The van der Waals surface area contributed by atoms with E-state index in [1.54, 1.807) is 0 Å². The lowest BCUT2D eigenvalue weighted by molar-refractivity contribution is 0.670. The number of thiophene rings is 1. The molecule has 0 N–H and O–H groups in total. The summed E-state index contributed by atoms with van der Waals surface area (Å²) in [4.78, 5) is 4.98. The zero-order valence-corrected chi connectivity index (χ0v) is 20.0. The van der Waals surface area contributed by atoms with E-state index < -0.39 is 0 Å². The van der Waals surface area contributed by atoms with Gasteiger partial charge in [-0.15, -0.1) is 11.3 Å². The van der Waals surface area contributed by atoms with Crippen molar-refractivity contribution in [1.29, 1.82) is 0 Å². The summed E-state index contributed by atoms with van der Waals surface area (Å²) < 4.78 is 9.05. The van der Waals surface area contributed by atoms with E-state index in [-0.39, 0.29) is 0 Å². The largest absolute Gasteiger partial charge is 0.454 e. The Morgan fingerprint density at radius 3 is 2.14 bits per heavy atom. The molecule has 8 rings (SSSR count). The average Bonchev–Trinajstić information content (AvgIpc) is 3.50. The molecule has 168 valence electrons. The van der Waals surface area contributed by atoms with Gasteiger partial charge in [0.25, 0.3) is 0 Å². The van der Waals surface area contributed by atoms with Crippen LogP contribution in [-0.2, 0) is 0 Å². The van der Waals surface area contributed by atoms with Gasteiger partial charge in [-0.2, -0.15) is 0 Å². The number of aromatic nitrogens is 1. The van der Waals surface area contributed by atoms with Crippen molar-refractivity contribution < 1.29 is 4.42 Å². The Bertz CT molecular complexity index is 2100. The second-order valence-electron chi connectivity index (χ2n) is 9.14. The molecule has 0 unspecified atom stereocenters. The third-order valence-electron chi connectivity index (χ3n) is 7.09. The number of benzene rings is 5. The van der Waals surface area contributed by atoms with Gasteiger partial charge in [-0.25, -0.2) is 4.98 Å². The van der Waals surface area contributed by atoms with E-state index >= 15 is 0 Å². The molecule has 0 saturated carbocycles. The topological polar surface area (TPSA) is 26.0 Å². The molecule has 0 atom stereocenters. The van der Waals surface area contributed by atoms with Crippen molar-refractivity contribution in [2.75, 3.05) is 0 Å². The van der Waals surface area contributed by atoms with Crippen molar-refractivity contribution in [2.24, 2.45) is 0 Å². The van der Waals surface area contributed by atoms with Crippen LogP contribution in [0.15, 0.2) is 120 Å². The van der Waals surface area contributed by atoms with E-state index in [9.17, 15) is 0 Å². The van der Waals surface area contributed by atoms with Crippen molar-refractivity contribution in [3.63, 3.8) is 0 Å². The van der Waals surface area contributed by atoms with Gasteiger partial charge in [-0.1, -0.05) is 91.0 Å². The first kappa shape index (κ1) is 19.8. The van der Waals surface area contributed by atoms with Gasteiger partial charge in [-0.05, 0) is 41.0 Å². The lowest BCUT2D eigenvalue weighted by atomic mass is 9.96. The SMILES string of the molecule is c1ccc2c(-c3ccc(-c4cccc5c4sc4ccccc45)cc3)c3oc4ccccc4c3nc2c1. The molecule has 0 fully saturated rings. The van der Waals surface area contributed by atoms with Crippen molar-refractivity contribution in [1.82, 2.24) is 4.98 Å². The van der Waals surface area contributed by atoms with Gasteiger partial charge >= 0.3 is 0 Å². The molecule has 8 aromatic rings. The first-order valence-electron chi connectivity index (χ1n) is 12.1. The summed E-state index contributed by atoms with van der Waals surface area (Å²) in [6.45, 7) is 0. The molecule has 0 aliphatic rings. The van der Waals surface area contributed by atoms with Crippen LogP contribution in [0.1, 0.15) is 0 Å². The predicted molar refractivity (Wildman–Crippen MR) is 153 cm³/mol. The number of hydrogen-bond acceptors (Lipinski definition) is 3. The fourth-order valence-corrected chi connectivity index (χ4v) is 6.65. The third-order valence-corrected chi connectivity index (χ3v) is 8.31. The first-order valence-corrected chi connectivity index (χ1v) is 12.9. The zero-order valence-electron chi connectivity index (χ0n) is 19.2. The molecule has 0 aliphatic carbocycles. The molecule has 0 aliphatic heterocycles. The fraction of sp³-hybridized carbons (Fsp3) is 0. The lowest BCUT2D eigenvalue weighted by Crippen LogP contribution is -1.87. The van der Waals surface area contributed by atoms with Crippen molar-refractivity contribution >= 4 is 64.5 Å². The number of rotatable bonds is 2. The Labute approximate surface area is 211 Å². The molecule has 36 heavy (non-hydrogen) atoms. The van der Waals surface area contributed by atoms with E-state index in [0.29, 0.717) is 0 Å². The number of hydrogen-bond donors (Lipinski definition) is 0. The maximum Gasteiger partial charge on any atom is 0.162 e. The van der Waals surface area contributed by atoms with Gasteiger partial charge in [0.05, 0.1) is 5.52 Å². The maximum absolute atomic E-state index is 6.39. The summed E-state index contributed by atoms with van der Waals surface area (Å²) in [5.74, 6) is 0. The molecule has 0 amide bonds. The molecule has 5 aromatic carbocycles. The fourth-order valence-electron chi connectivity index (χ4n) is 5.42. The summed E-state index contributed by atoms with van der Waals surface area (Å²) >= 11 is 1.87. The van der Waals surface area contributed by atoms with Crippen LogP contribution in [0.5, 0.6) is 0 Å². The van der Waals surface area contributed by atoms with Crippen LogP contribution in [0.3, 0.4) is 0 Å². The minimum Gasteiger partial charge on any atom is -0.454 e. The summed E-state index contributed by atoms with van der Waals surface area (Å²) in [6, 6.07) is 40.7. The number of nitrogens with zero attached hydrogens (tertiary/aromatic N) is 1. The van der Waals surface area contributed by atoms with E-state index in [1.807, 2.05) is 35.6 Å². The van der Waals surface area contributed by atoms with Crippen molar-refractivity contribution in [3.8, 4) is 22.3 Å². The van der Waals surface area contributed by atoms with E-state index in [4.69, 9.17) is 9.40 Å². The normalized spacial score (nSPS) is 11.9. The smallest absolute Gasteiger partial charge is 0.162 e. The zero-order chi connectivity index (χ0) is 23.6. The summed E-state index contributed by atoms with van der Waals surface area (Å²) in [7, 11) is 0. The Kier molecular flexibility index (Phi) is 4.13. The highest BCUT2D eigenvalue weighted by molar-refractivity contribution is 7.26. The highest BCUT2D eigenvalue weighted by Crippen LogP contribution is 2.42. The van der Waals surface area contributed by atoms with Crippen LogP contribution >= 0.6 is 11.3 Å². The van der Waals surface area contributed by atoms with E-state index in [1.165, 1.54) is 31.3 Å². The van der Waals surface area contributed by atoms with Crippen LogP contribution in [-0.4, -0.2) is 4.98 Å². The molecule has 0 bridgehead atoms. The molecule has 3 aromatic heterocycles. The number of pyridine rings is 1. The highest BCUT2D eigenvalue weighted by Gasteiger charge is 2.18. The Balaban J connectivity index is 1.35. The quantitative estimate of drug-likeness (QED) is 0.248. The summed E-state index contributed by atoms with van der Waals surface area (Å²) in [5, 5.41) is 4.80.